The van der Waals surface area contributed by atoms with E-state index in [0.717, 1.165) is 46.3 Å². The zero-order valence-corrected chi connectivity index (χ0v) is 25.9. The molecule has 1 aliphatic rings. The van der Waals surface area contributed by atoms with Gasteiger partial charge in [-0.25, -0.2) is 9.78 Å². The third kappa shape index (κ3) is 7.58. The van der Waals surface area contributed by atoms with Gasteiger partial charge in [0.25, 0.3) is 0 Å². The number of hydrogen-bond donors (Lipinski definition) is 6. The van der Waals surface area contributed by atoms with Crippen molar-refractivity contribution < 1.29 is 22.7 Å². The van der Waals surface area contributed by atoms with Crippen LogP contribution in [0.25, 0.3) is 0 Å². The van der Waals surface area contributed by atoms with E-state index in [9.17, 15) is 18.0 Å². The SMILES string of the molecule is CCOC(=O)c1sc(NNc2ccc(NNc3ccc(NNc4ccc(N5CCCC5)s4)cc3C)cc2C)nc1C(F)(F)F. The van der Waals surface area contributed by atoms with Gasteiger partial charge in [-0.3, -0.25) is 16.3 Å². The molecule has 0 spiro atoms. The molecule has 2 aromatic heterocycles. The lowest BCUT2D eigenvalue weighted by molar-refractivity contribution is -0.141. The average Bonchev–Trinajstić information content (AvgIpc) is 3.76. The maximum atomic E-state index is 13.4. The first-order valence-electron chi connectivity index (χ1n) is 14.0. The predicted octanol–water partition coefficient (Wildman–Crippen LogP) is 7.93. The van der Waals surface area contributed by atoms with Gasteiger partial charge in [0.1, 0.15) is 9.88 Å². The second-order valence-corrected chi connectivity index (χ2v) is 12.1. The molecule has 0 amide bonds. The minimum atomic E-state index is -4.79. The van der Waals surface area contributed by atoms with E-state index in [1.54, 1.807) is 17.4 Å². The Labute approximate surface area is 260 Å². The number of aryl methyl sites for hydroxylation is 2. The van der Waals surface area contributed by atoms with Crippen LogP contribution in [0.2, 0.25) is 0 Å². The molecule has 0 unspecified atom stereocenters. The van der Waals surface area contributed by atoms with Crippen LogP contribution in [-0.4, -0.2) is 30.6 Å². The van der Waals surface area contributed by atoms with E-state index in [2.05, 4.69) is 54.6 Å². The summed E-state index contributed by atoms with van der Waals surface area (Å²) in [5, 5.41) is 2.22. The van der Waals surface area contributed by atoms with Gasteiger partial charge in [-0.1, -0.05) is 22.7 Å². The van der Waals surface area contributed by atoms with Crippen LogP contribution in [0.5, 0.6) is 0 Å². The largest absolute Gasteiger partial charge is 0.462 e. The lowest BCUT2D eigenvalue weighted by atomic mass is 10.2. The molecule has 0 bridgehead atoms. The van der Waals surface area contributed by atoms with Crippen molar-refractivity contribution in [1.29, 1.82) is 0 Å². The van der Waals surface area contributed by atoms with Gasteiger partial charge in [0.15, 0.2) is 5.69 Å². The van der Waals surface area contributed by atoms with Gasteiger partial charge in [0, 0.05) is 13.1 Å². The summed E-state index contributed by atoms with van der Waals surface area (Å²) in [5.74, 6) is -1.06. The zero-order chi connectivity index (χ0) is 31.3. The van der Waals surface area contributed by atoms with Gasteiger partial charge in [-0.15, -0.1) is 0 Å². The lowest BCUT2D eigenvalue weighted by Crippen LogP contribution is -2.15. The highest BCUT2D eigenvalue weighted by Gasteiger charge is 2.40. The van der Waals surface area contributed by atoms with E-state index in [1.807, 2.05) is 44.2 Å². The van der Waals surface area contributed by atoms with Crippen LogP contribution in [0, 0.1) is 13.8 Å². The van der Waals surface area contributed by atoms with Crippen molar-refractivity contribution in [2.24, 2.45) is 0 Å². The molecule has 1 saturated heterocycles. The van der Waals surface area contributed by atoms with Crippen molar-refractivity contribution in [2.75, 3.05) is 57.2 Å². The molecule has 10 nitrogen and oxygen atoms in total. The van der Waals surface area contributed by atoms with Crippen molar-refractivity contribution in [1.82, 2.24) is 4.98 Å². The monoisotopic (exact) mass is 646 g/mol. The second-order valence-electron chi connectivity index (χ2n) is 10.1. The molecule has 0 aliphatic carbocycles. The number of benzene rings is 2. The fraction of sp³-hybridized carbons (Fsp3) is 0.310. The number of nitrogens with one attached hydrogen (secondary N) is 6. The number of carbonyl (C=O) groups excluding carboxylic acids is 1. The summed E-state index contributed by atoms with van der Waals surface area (Å²) in [5.41, 5.74) is 22.2. The van der Waals surface area contributed by atoms with Crippen LogP contribution < -0.4 is 37.5 Å². The van der Waals surface area contributed by atoms with E-state index in [0.29, 0.717) is 17.0 Å². The van der Waals surface area contributed by atoms with Crippen molar-refractivity contribution in [3.63, 3.8) is 0 Å². The summed E-state index contributed by atoms with van der Waals surface area (Å²) in [6, 6.07) is 15.7. The van der Waals surface area contributed by atoms with E-state index in [-0.39, 0.29) is 11.7 Å². The number of aromatic nitrogens is 1. The first-order chi connectivity index (χ1) is 21.1. The number of nitrogens with zero attached hydrogens (tertiary/aromatic N) is 2. The minimum Gasteiger partial charge on any atom is -0.462 e. The molecule has 2 aromatic carbocycles. The highest BCUT2D eigenvalue weighted by Crippen LogP contribution is 2.37. The molecular weight excluding hydrogens is 614 g/mol. The predicted molar refractivity (Wildman–Crippen MR) is 173 cm³/mol. The summed E-state index contributed by atoms with van der Waals surface area (Å²) in [6.45, 7) is 7.58. The number of halogens is 3. The Kier molecular flexibility index (Phi) is 9.54. The highest BCUT2D eigenvalue weighted by atomic mass is 32.1. The number of ether oxygens (including phenoxy) is 1. The number of thiophene rings is 1. The lowest BCUT2D eigenvalue weighted by Gasteiger charge is -2.16. The topological polar surface area (TPSA) is 115 Å². The molecule has 234 valence electrons. The van der Waals surface area contributed by atoms with Crippen LogP contribution in [0.15, 0.2) is 48.5 Å². The van der Waals surface area contributed by atoms with E-state index >= 15 is 0 Å². The summed E-state index contributed by atoms with van der Waals surface area (Å²) in [7, 11) is 0. The van der Waals surface area contributed by atoms with Crippen LogP contribution in [0.1, 0.15) is 46.3 Å². The number of alkyl halides is 3. The standard InChI is InChI=1S/C29H33F3N8O2S2/c1-4-42-27(41)25-26(29(30,31)32)33-28(44-25)39-37-22-10-7-19(15-18(22)3)34-36-21-9-8-20(16-17(21)2)35-38-23-11-12-24(43-23)40-13-5-6-14-40/h7-12,15-16,34-38H,4-6,13-14H2,1-3H3,(H,33,39). The maximum absolute atomic E-state index is 13.4. The Morgan fingerprint density at radius 2 is 1.48 bits per heavy atom. The van der Waals surface area contributed by atoms with Crippen LogP contribution in [-0.2, 0) is 10.9 Å². The van der Waals surface area contributed by atoms with Crippen LogP contribution in [0.3, 0.4) is 0 Å². The molecule has 0 radical (unpaired) electrons. The van der Waals surface area contributed by atoms with Crippen LogP contribution in [0.4, 0.5) is 51.1 Å². The number of rotatable bonds is 12. The maximum Gasteiger partial charge on any atom is 0.435 e. The molecule has 1 aliphatic heterocycles. The summed E-state index contributed by atoms with van der Waals surface area (Å²) in [4.78, 5) is 17.4. The quantitative estimate of drug-likeness (QED) is 0.0670. The number of hydrazine groups is 3. The Hall–Kier alpha value is -4.37. The Bertz CT molecular complexity index is 1600. The third-order valence-electron chi connectivity index (χ3n) is 6.79. The molecule has 6 N–H and O–H groups in total. The average molecular weight is 647 g/mol. The molecule has 3 heterocycles. The number of thiazole rings is 1. The van der Waals surface area contributed by atoms with Gasteiger partial charge < -0.3 is 25.9 Å². The molecule has 5 rings (SSSR count). The Morgan fingerprint density at radius 1 is 0.864 bits per heavy atom. The second kappa shape index (κ2) is 13.5. The molecule has 0 atom stereocenters. The Balaban J connectivity index is 1.14. The fourth-order valence-electron chi connectivity index (χ4n) is 4.56. The van der Waals surface area contributed by atoms with Crippen molar-refractivity contribution in [2.45, 2.75) is 39.8 Å². The number of hydrogen-bond acceptors (Lipinski definition) is 12. The molecule has 4 aromatic rings. The highest BCUT2D eigenvalue weighted by molar-refractivity contribution is 7.20. The molecule has 44 heavy (non-hydrogen) atoms. The van der Waals surface area contributed by atoms with Gasteiger partial charge in [0.05, 0.1) is 34.4 Å². The van der Waals surface area contributed by atoms with Gasteiger partial charge in [-0.2, -0.15) is 13.2 Å². The molecular formula is C29H33F3N8O2S2. The third-order valence-corrected chi connectivity index (χ3v) is 8.81. The first kappa shape index (κ1) is 31.1. The summed E-state index contributed by atoms with van der Waals surface area (Å²) in [6.07, 6.45) is -2.29. The first-order valence-corrected chi connectivity index (χ1v) is 15.6. The minimum absolute atomic E-state index is 0.0429. The normalized spacial score (nSPS) is 13.0. The molecule has 15 heteroatoms. The Morgan fingerprint density at radius 3 is 2.07 bits per heavy atom. The van der Waals surface area contributed by atoms with Gasteiger partial charge in [-0.05, 0) is 93.3 Å². The number of esters is 1. The van der Waals surface area contributed by atoms with E-state index in [4.69, 9.17) is 4.74 Å². The number of carbonyl (C=O) groups is 1. The van der Waals surface area contributed by atoms with Gasteiger partial charge in [0.2, 0.25) is 5.13 Å². The summed E-state index contributed by atoms with van der Waals surface area (Å²) < 4.78 is 44.9. The van der Waals surface area contributed by atoms with Crippen molar-refractivity contribution in [3.8, 4) is 0 Å². The number of anilines is 7. The zero-order valence-electron chi connectivity index (χ0n) is 24.3. The van der Waals surface area contributed by atoms with E-state index in [1.165, 1.54) is 24.8 Å². The van der Waals surface area contributed by atoms with Crippen molar-refractivity contribution >= 4 is 66.5 Å². The van der Waals surface area contributed by atoms with Crippen molar-refractivity contribution in [3.05, 3.63) is 70.2 Å². The molecule has 0 saturated carbocycles. The fourth-order valence-corrected chi connectivity index (χ4v) is 6.30. The van der Waals surface area contributed by atoms with Crippen LogP contribution >= 0.6 is 22.7 Å². The van der Waals surface area contributed by atoms with E-state index < -0.39 is 22.7 Å². The smallest absolute Gasteiger partial charge is 0.435 e. The molecule has 1 fully saturated rings. The summed E-state index contributed by atoms with van der Waals surface area (Å²) >= 11 is 2.30. The van der Waals surface area contributed by atoms with Gasteiger partial charge >= 0.3 is 12.1 Å².